The average molecular weight is 594 g/mol. The third kappa shape index (κ3) is 5.23. The van der Waals surface area contributed by atoms with Crippen molar-refractivity contribution >= 4 is 29.1 Å². The van der Waals surface area contributed by atoms with Gasteiger partial charge in [-0.05, 0) is 61.2 Å². The van der Waals surface area contributed by atoms with E-state index in [1.165, 1.54) is 30.7 Å². The van der Waals surface area contributed by atoms with Gasteiger partial charge in [-0.1, -0.05) is 24.3 Å². The number of anilines is 1. The van der Waals surface area contributed by atoms with Gasteiger partial charge in [0.05, 0.1) is 27.9 Å². The molecular weight excluding hydrogens is 570 g/mol. The minimum Gasteiger partial charge on any atom is -0.508 e. The molecule has 1 saturated heterocycles. The van der Waals surface area contributed by atoms with Crippen LogP contribution in [0.25, 0.3) is 44.7 Å². The molecule has 214 valence electrons. The van der Waals surface area contributed by atoms with Crippen molar-refractivity contribution in [1.82, 2.24) is 15.2 Å². The Bertz CT molecular complexity index is 1790. The fourth-order valence-corrected chi connectivity index (χ4v) is 5.37. The molecule has 1 aliphatic rings. The number of pyridine rings is 1. The summed E-state index contributed by atoms with van der Waals surface area (Å²) < 4.78 is 54.7. The lowest BCUT2D eigenvalue weighted by Gasteiger charge is -2.29. The molecule has 0 saturated carbocycles. The van der Waals surface area contributed by atoms with Crippen LogP contribution in [0.15, 0.2) is 66.7 Å². The molecule has 0 spiro atoms. The summed E-state index contributed by atoms with van der Waals surface area (Å²) >= 11 is 0. The van der Waals surface area contributed by atoms with Crippen molar-refractivity contribution in [3.8, 4) is 45.5 Å². The molecule has 6 nitrogen and oxygen atoms in total. The number of H-pyrrole nitrogens is 1. The molecule has 2 N–H and O–H groups in total. The van der Waals surface area contributed by atoms with E-state index >= 15 is 4.39 Å². The highest BCUT2D eigenvalue weighted by atomic mass is 35.5. The van der Waals surface area contributed by atoms with Gasteiger partial charge in [0.15, 0.2) is 5.65 Å². The summed E-state index contributed by atoms with van der Waals surface area (Å²) in [5.74, 6) is -1.04. The number of rotatable bonds is 4. The zero-order chi connectivity index (χ0) is 28.7. The average Bonchev–Trinajstić information content (AvgIpc) is 3.40. The lowest BCUT2D eigenvalue weighted by atomic mass is 9.91. The van der Waals surface area contributed by atoms with E-state index in [4.69, 9.17) is 0 Å². The first-order chi connectivity index (χ1) is 19.7. The second-order valence-corrected chi connectivity index (χ2v) is 9.95. The molecule has 3 heterocycles. The van der Waals surface area contributed by atoms with Gasteiger partial charge in [-0.15, -0.1) is 12.4 Å². The molecule has 5 aromatic rings. The molecule has 1 aliphatic heterocycles. The van der Waals surface area contributed by atoms with Crippen molar-refractivity contribution in [3.63, 3.8) is 0 Å². The molecule has 0 aliphatic carbocycles. The van der Waals surface area contributed by atoms with E-state index in [1.54, 1.807) is 0 Å². The minimum atomic E-state index is -4.49. The third-order valence-corrected chi connectivity index (χ3v) is 7.40. The van der Waals surface area contributed by atoms with Crippen LogP contribution in [0.1, 0.15) is 30.4 Å². The first-order valence-electron chi connectivity index (χ1n) is 13.1. The van der Waals surface area contributed by atoms with Crippen LogP contribution in [0, 0.1) is 17.1 Å². The van der Waals surface area contributed by atoms with Crippen LogP contribution >= 0.6 is 12.4 Å². The highest BCUT2D eigenvalue weighted by molar-refractivity contribution is 6.06. The van der Waals surface area contributed by atoms with Crippen molar-refractivity contribution in [2.45, 2.75) is 25.4 Å². The van der Waals surface area contributed by atoms with E-state index in [2.05, 4.69) is 26.2 Å². The molecular formula is C31H24ClF4N5O. The fourth-order valence-electron chi connectivity index (χ4n) is 5.37. The molecule has 0 radical (unpaired) electrons. The van der Waals surface area contributed by atoms with Gasteiger partial charge in [-0.25, -0.2) is 9.37 Å². The maximum absolute atomic E-state index is 15.0. The number of phenols is 1. The highest BCUT2D eigenvalue weighted by Crippen LogP contribution is 2.42. The Morgan fingerprint density at radius 3 is 2.19 bits per heavy atom. The van der Waals surface area contributed by atoms with Crippen molar-refractivity contribution in [2.24, 2.45) is 0 Å². The van der Waals surface area contributed by atoms with E-state index < -0.39 is 17.6 Å². The van der Waals surface area contributed by atoms with Crippen LogP contribution in [-0.2, 0) is 6.18 Å². The summed E-state index contributed by atoms with van der Waals surface area (Å²) in [6, 6.07) is 18.1. The van der Waals surface area contributed by atoms with Gasteiger partial charge in [0.1, 0.15) is 17.6 Å². The van der Waals surface area contributed by atoms with E-state index in [0.29, 0.717) is 27.8 Å². The number of aromatic hydroxyl groups is 1. The lowest BCUT2D eigenvalue weighted by Crippen LogP contribution is -2.29. The minimum absolute atomic E-state index is 0. The predicted molar refractivity (Wildman–Crippen MR) is 155 cm³/mol. The normalized spacial score (nSPS) is 13.5. The number of phenolic OH excluding ortho intramolecular Hbond substituents is 1. The predicted octanol–water partition coefficient (Wildman–Crippen LogP) is 8.11. The Labute approximate surface area is 244 Å². The third-order valence-electron chi connectivity index (χ3n) is 7.40. The number of piperidine rings is 1. The second-order valence-electron chi connectivity index (χ2n) is 9.95. The number of alkyl halides is 3. The Morgan fingerprint density at radius 2 is 1.57 bits per heavy atom. The van der Waals surface area contributed by atoms with Gasteiger partial charge in [0.2, 0.25) is 0 Å². The number of aromatic nitrogens is 3. The van der Waals surface area contributed by atoms with Gasteiger partial charge < -0.3 is 10.0 Å². The number of hydrogen-bond donors (Lipinski definition) is 2. The van der Waals surface area contributed by atoms with Crippen LogP contribution in [0.5, 0.6) is 5.75 Å². The smallest absolute Gasteiger partial charge is 0.416 e. The summed E-state index contributed by atoms with van der Waals surface area (Å²) in [5, 5.41) is 27.7. The Kier molecular flexibility index (Phi) is 7.80. The molecule has 11 heteroatoms. The maximum Gasteiger partial charge on any atom is 0.416 e. The van der Waals surface area contributed by atoms with E-state index in [9.17, 15) is 23.5 Å². The monoisotopic (exact) mass is 593 g/mol. The van der Waals surface area contributed by atoms with Crippen molar-refractivity contribution in [2.75, 3.05) is 18.0 Å². The number of aromatic amines is 1. The number of benzene rings is 3. The van der Waals surface area contributed by atoms with E-state index in [-0.39, 0.29) is 40.6 Å². The summed E-state index contributed by atoms with van der Waals surface area (Å²) in [4.78, 5) is 6.81. The van der Waals surface area contributed by atoms with E-state index in [1.807, 2.05) is 24.3 Å². The van der Waals surface area contributed by atoms with Gasteiger partial charge in [0.25, 0.3) is 0 Å². The van der Waals surface area contributed by atoms with E-state index in [0.717, 1.165) is 49.8 Å². The van der Waals surface area contributed by atoms with Gasteiger partial charge in [-0.3, -0.25) is 5.10 Å². The Hall–Kier alpha value is -4.62. The summed E-state index contributed by atoms with van der Waals surface area (Å²) in [6.07, 6.45) is -1.08. The number of nitriles is 1. The zero-order valence-electron chi connectivity index (χ0n) is 22.0. The Balaban J connectivity index is 0.00000353. The quantitative estimate of drug-likeness (QED) is 0.206. The number of hydrogen-bond acceptors (Lipinski definition) is 5. The van der Waals surface area contributed by atoms with Crippen molar-refractivity contribution in [3.05, 3.63) is 83.7 Å². The number of fused-ring (bicyclic) bond motifs is 1. The fraction of sp³-hybridized carbons (Fsp3) is 0.194. The molecule has 0 amide bonds. The summed E-state index contributed by atoms with van der Waals surface area (Å²) in [7, 11) is 0. The molecule has 6 rings (SSSR count). The maximum atomic E-state index is 15.0. The number of halogens is 5. The van der Waals surface area contributed by atoms with Crippen molar-refractivity contribution in [1.29, 1.82) is 5.26 Å². The van der Waals surface area contributed by atoms with Crippen LogP contribution in [0.4, 0.5) is 23.2 Å². The molecule has 1 fully saturated rings. The van der Waals surface area contributed by atoms with Gasteiger partial charge in [-0.2, -0.15) is 23.5 Å². The van der Waals surface area contributed by atoms with Crippen LogP contribution in [-0.4, -0.2) is 33.4 Å². The standard InChI is InChI=1S/C31H23F4N5O.ClH/c32-25-16-22(41)12-13-23(25)29-24(17-36)26(18-6-10-21(11-7-18)40-14-2-1-3-15-40)27-28(38-39-30(27)37-29)19-4-8-20(9-5-19)31(33,34)35;/h4-13,16,41H,1-3,14-15H2,(H,37,38,39);1H. The first kappa shape index (κ1) is 28.9. The van der Waals surface area contributed by atoms with Crippen LogP contribution in [0.2, 0.25) is 0 Å². The van der Waals surface area contributed by atoms with Crippen molar-refractivity contribution < 1.29 is 22.7 Å². The summed E-state index contributed by atoms with van der Waals surface area (Å²) in [6.45, 7) is 1.90. The van der Waals surface area contributed by atoms with Crippen LogP contribution < -0.4 is 4.90 Å². The highest BCUT2D eigenvalue weighted by Gasteiger charge is 2.30. The summed E-state index contributed by atoms with van der Waals surface area (Å²) in [5.41, 5.74) is 2.39. The molecule has 0 bridgehead atoms. The molecule has 0 unspecified atom stereocenters. The Morgan fingerprint density at radius 1 is 0.905 bits per heavy atom. The zero-order valence-corrected chi connectivity index (χ0v) is 22.9. The van der Waals surface area contributed by atoms with Gasteiger partial charge >= 0.3 is 6.18 Å². The first-order valence-corrected chi connectivity index (χ1v) is 13.1. The SMILES string of the molecule is Cl.N#Cc1c(-c2ccc(O)cc2F)nc2n[nH]c(-c3ccc(C(F)(F)F)cc3)c2c1-c1ccc(N2CCCCC2)cc1. The largest absolute Gasteiger partial charge is 0.508 e. The lowest BCUT2D eigenvalue weighted by molar-refractivity contribution is -0.137. The topological polar surface area (TPSA) is 88.8 Å². The number of nitrogens with zero attached hydrogens (tertiary/aromatic N) is 4. The number of nitrogens with one attached hydrogen (secondary N) is 1. The molecule has 2 aromatic heterocycles. The second kappa shape index (κ2) is 11.3. The molecule has 0 atom stereocenters. The van der Waals surface area contributed by atoms with Gasteiger partial charge in [0, 0.05) is 41.5 Å². The molecule has 42 heavy (non-hydrogen) atoms. The molecule has 3 aromatic carbocycles. The van der Waals surface area contributed by atoms with Crippen LogP contribution in [0.3, 0.4) is 0 Å².